The topological polar surface area (TPSA) is 32.7 Å². The highest BCUT2D eigenvalue weighted by molar-refractivity contribution is 5.53. The molecule has 1 heterocycles. The minimum Gasteiger partial charge on any atom is -0.493 e. The molecule has 1 saturated carbocycles. The Balaban J connectivity index is 1.62. The van der Waals surface area contributed by atoms with Crippen LogP contribution in [0.15, 0.2) is 18.2 Å². The Labute approximate surface area is 115 Å². The maximum Gasteiger partial charge on any atom is 0.122 e. The molecule has 3 rings (SSSR count). The zero-order valence-electron chi connectivity index (χ0n) is 11.6. The summed E-state index contributed by atoms with van der Waals surface area (Å²) in [5.41, 5.74) is 2.62. The van der Waals surface area contributed by atoms with Crippen molar-refractivity contribution in [2.75, 3.05) is 25.1 Å². The largest absolute Gasteiger partial charge is 0.493 e. The molecule has 3 heteroatoms. The second kappa shape index (κ2) is 5.41. The van der Waals surface area contributed by atoms with Crippen molar-refractivity contribution in [3.05, 3.63) is 23.8 Å². The van der Waals surface area contributed by atoms with Crippen LogP contribution >= 0.6 is 0 Å². The number of nitrogens with zero attached hydrogens (tertiary/aromatic N) is 1. The van der Waals surface area contributed by atoms with Crippen LogP contribution in [0, 0.1) is 5.92 Å². The Kier molecular flexibility index (Phi) is 3.65. The van der Waals surface area contributed by atoms with E-state index >= 15 is 0 Å². The average molecular weight is 261 g/mol. The summed E-state index contributed by atoms with van der Waals surface area (Å²) in [6.07, 6.45) is 5.22. The standard InChI is InChI=1S/C16H23NO2/c1-17(11-12-2-5-15(18)6-3-12)14-4-7-16-13(10-14)8-9-19-16/h4,7,10,12,15,18H,2-3,5-6,8-9,11H2,1H3. The molecule has 19 heavy (non-hydrogen) atoms. The van der Waals surface area contributed by atoms with Crippen LogP contribution in [-0.4, -0.2) is 31.4 Å². The Morgan fingerprint density at radius 2 is 2.05 bits per heavy atom. The molecule has 3 nitrogen and oxygen atoms in total. The number of fused-ring (bicyclic) bond motifs is 1. The number of ether oxygens (including phenoxy) is 1. The van der Waals surface area contributed by atoms with Gasteiger partial charge in [0.15, 0.2) is 0 Å². The minimum absolute atomic E-state index is 0.0568. The van der Waals surface area contributed by atoms with Gasteiger partial charge < -0.3 is 14.7 Å². The molecule has 1 aromatic rings. The molecule has 1 N–H and O–H groups in total. The maximum atomic E-state index is 9.56. The molecule has 0 bridgehead atoms. The van der Waals surface area contributed by atoms with Gasteiger partial charge in [0, 0.05) is 25.7 Å². The first-order valence-electron chi connectivity index (χ1n) is 7.37. The van der Waals surface area contributed by atoms with E-state index in [0.717, 1.165) is 56.9 Å². The highest BCUT2D eigenvalue weighted by Crippen LogP contribution is 2.31. The van der Waals surface area contributed by atoms with Crippen LogP contribution in [0.5, 0.6) is 5.75 Å². The van der Waals surface area contributed by atoms with E-state index < -0.39 is 0 Å². The van der Waals surface area contributed by atoms with Gasteiger partial charge in [0.2, 0.25) is 0 Å². The molecule has 104 valence electrons. The number of anilines is 1. The molecule has 0 unspecified atom stereocenters. The normalized spacial score (nSPS) is 25.8. The average Bonchev–Trinajstić information content (AvgIpc) is 2.88. The minimum atomic E-state index is -0.0568. The molecular weight excluding hydrogens is 238 g/mol. The molecule has 0 aromatic heterocycles. The lowest BCUT2D eigenvalue weighted by atomic mass is 9.87. The summed E-state index contributed by atoms with van der Waals surface area (Å²) in [5.74, 6) is 1.77. The highest BCUT2D eigenvalue weighted by Gasteiger charge is 2.21. The molecule has 1 aliphatic carbocycles. The van der Waals surface area contributed by atoms with Crippen LogP contribution in [0.4, 0.5) is 5.69 Å². The third-order valence-corrected chi connectivity index (χ3v) is 4.46. The van der Waals surface area contributed by atoms with E-state index in [4.69, 9.17) is 4.74 Å². The Morgan fingerprint density at radius 3 is 2.84 bits per heavy atom. The van der Waals surface area contributed by atoms with Crippen molar-refractivity contribution in [3.63, 3.8) is 0 Å². The lowest BCUT2D eigenvalue weighted by molar-refractivity contribution is 0.110. The number of rotatable bonds is 3. The SMILES string of the molecule is CN(CC1CCC(O)CC1)c1ccc2c(c1)CCO2. The van der Waals surface area contributed by atoms with Crippen molar-refractivity contribution >= 4 is 5.69 Å². The van der Waals surface area contributed by atoms with Gasteiger partial charge in [0.05, 0.1) is 12.7 Å². The maximum absolute atomic E-state index is 9.56. The van der Waals surface area contributed by atoms with Gasteiger partial charge in [-0.3, -0.25) is 0 Å². The zero-order chi connectivity index (χ0) is 13.2. The van der Waals surface area contributed by atoms with E-state index in [-0.39, 0.29) is 6.10 Å². The fourth-order valence-corrected chi connectivity index (χ4v) is 3.23. The number of aliphatic hydroxyl groups excluding tert-OH is 1. The first-order valence-corrected chi connectivity index (χ1v) is 7.37. The molecule has 0 radical (unpaired) electrons. The third kappa shape index (κ3) is 2.86. The van der Waals surface area contributed by atoms with E-state index in [1.54, 1.807) is 0 Å². The van der Waals surface area contributed by atoms with Crippen molar-refractivity contribution in [2.45, 2.75) is 38.2 Å². The van der Waals surface area contributed by atoms with Crippen LogP contribution in [-0.2, 0) is 6.42 Å². The molecular formula is C16H23NO2. The second-order valence-electron chi connectivity index (χ2n) is 5.95. The molecule has 1 aliphatic heterocycles. The predicted octanol–water partition coefficient (Wildman–Crippen LogP) is 2.61. The number of hydrogen-bond donors (Lipinski definition) is 1. The van der Waals surface area contributed by atoms with Gasteiger partial charge >= 0.3 is 0 Å². The Bertz CT molecular complexity index is 438. The molecule has 0 amide bonds. The summed E-state index contributed by atoms with van der Waals surface area (Å²) in [6.45, 7) is 1.91. The van der Waals surface area contributed by atoms with E-state index in [2.05, 4.69) is 30.1 Å². The van der Waals surface area contributed by atoms with E-state index in [1.807, 2.05) is 0 Å². The van der Waals surface area contributed by atoms with Crippen LogP contribution in [0.2, 0.25) is 0 Å². The van der Waals surface area contributed by atoms with Gasteiger partial charge in [-0.1, -0.05) is 0 Å². The fraction of sp³-hybridized carbons (Fsp3) is 0.625. The summed E-state index contributed by atoms with van der Waals surface area (Å²) in [7, 11) is 2.17. The van der Waals surface area contributed by atoms with Crippen LogP contribution in [0.1, 0.15) is 31.2 Å². The molecule has 0 spiro atoms. The van der Waals surface area contributed by atoms with Crippen molar-refractivity contribution in [1.82, 2.24) is 0 Å². The van der Waals surface area contributed by atoms with Crippen molar-refractivity contribution in [2.24, 2.45) is 5.92 Å². The van der Waals surface area contributed by atoms with E-state index in [9.17, 15) is 5.11 Å². The summed E-state index contributed by atoms with van der Waals surface area (Å²) in [5, 5.41) is 9.56. The number of aliphatic hydroxyl groups is 1. The molecule has 0 atom stereocenters. The van der Waals surface area contributed by atoms with Gasteiger partial charge in [-0.05, 0) is 55.4 Å². The molecule has 2 aliphatic rings. The van der Waals surface area contributed by atoms with Crippen LogP contribution in [0.3, 0.4) is 0 Å². The summed E-state index contributed by atoms with van der Waals surface area (Å²) < 4.78 is 5.55. The van der Waals surface area contributed by atoms with E-state index in [0.29, 0.717) is 0 Å². The summed E-state index contributed by atoms with van der Waals surface area (Å²) >= 11 is 0. The smallest absolute Gasteiger partial charge is 0.122 e. The highest BCUT2D eigenvalue weighted by atomic mass is 16.5. The van der Waals surface area contributed by atoms with Gasteiger partial charge in [0.25, 0.3) is 0 Å². The van der Waals surface area contributed by atoms with Crippen molar-refractivity contribution in [1.29, 1.82) is 0 Å². The second-order valence-corrected chi connectivity index (χ2v) is 5.95. The molecule has 1 fully saturated rings. The van der Waals surface area contributed by atoms with Crippen molar-refractivity contribution in [3.8, 4) is 5.75 Å². The number of benzene rings is 1. The Hall–Kier alpha value is -1.22. The van der Waals surface area contributed by atoms with Crippen molar-refractivity contribution < 1.29 is 9.84 Å². The van der Waals surface area contributed by atoms with Gasteiger partial charge in [-0.15, -0.1) is 0 Å². The molecule has 1 aromatic carbocycles. The van der Waals surface area contributed by atoms with Gasteiger partial charge in [-0.25, -0.2) is 0 Å². The monoisotopic (exact) mass is 261 g/mol. The fourth-order valence-electron chi connectivity index (χ4n) is 3.23. The summed E-state index contributed by atoms with van der Waals surface area (Å²) in [6, 6.07) is 6.51. The first-order chi connectivity index (χ1) is 9.22. The summed E-state index contributed by atoms with van der Waals surface area (Å²) in [4.78, 5) is 2.35. The zero-order valence-corrected chi connectivity index (χ0v) is 11.6. The predicted molar refractivity (Wildman–Crippen MR) is 76.9 cm³/mol. The molecule has 0 saturated heterocycles. The quantitative estimate of drug-likeness (QED) is 0.908. The van der Waals surface area contributed by atoms with Gasteiger partial charge in [-0.2, -0.15) is 0 Å². The van der Waals surface area contributed by atoms with Crippen LogP contribution < -0.4 is 9.64 Å². The van der Waals surface area contributed by atoms with Gasteiger partial charge in [0.1, 0.15) is 5.75 Å². The Morgan fingerprint density at radius 1 is 1.26 bits per heavy atom. The third-order valence-electron chi connectivity index (χ3n) is 4.46. The van der Waals surface area contributed by atoms with Crippen LogP contribution in [0.25, 0.3) is 0 Å². The van der Waals surface area contributed by atoms with E-state index in [1.165, 1.54) is 11.3 Å². The lowest BCUT2D eigenvalue weighted by Crippen LogP contribution is -2.29. The first kappa shape index (κ1) is 12.8. The number of hydrogen-bond acceptors (Lipinski definition) is 3. The lowest BCUT2D eigenvalue weighted by Gasteiger charge is -2.30.